The van der Waals surface area contributed by atoms with Crippen LogP contribution in [0.15, 0.2) is 11.6 Å². The monoisotopic (exact) mass is 288 g/mol. The summed E-state index contributed by atoms with van der Waals surface area (Å²) in [5.41, 5.74) is 1.17. The molecule has 19 heavy (non-hydrogen) atoms. The van der Waals surface area contributed by atoms with Crippen LogP contribution in [-0.4, -0.2) is 37.2 Å². The molecule has 0 fully saturated rings. The van der Waals surface area contributed by atoms with Crippen LogP contribution in [0.5, 0.6) is 0 Å². The summed E-state index contributed by atoms with van der Waals surface area (Å²) in [7, 11) is 0. The van der Waals surface area contributed by atoms with Crippen molar-refractivity contribution in [2.24, 2.45) is 5.92 Å². The maximum Gasteiger partial charge on any atom is 0.320 e. The lowest BCUT2D eigenvalue weighted by molar-refractivity contribution is -0.161. The smallest absolute Gasteiger partial charge is 0.320 e. The van der Waals surface area contributed by atoms with Gasteiger partial charge >= 0.3 is 11.9 Å². The highest BCUT2D eigenvalue weighted by atomic mass is 32.2. The maximum absolute atomic E-state index is 11.7. The Balaban J connectivity index is 4.57. The number of hydrogen-bond donors (Lipinski definition) is 0. The first-order valence-electron chi connectivity index (χ1n) is 6.54. The molecule has 0 saturated heterocycles. The summed E-state index contributed by atoms with van der Waals surface area (Å²) in [4.78, 5) is 23.5. The number of carbonyl (C=O) groups is 2. The fraction of sp³-hybridized carbons (Fsp3) is 0.714. The van der Waals surface area contributed by atoms with Crippen LogP contribution in [0.1, 0.15) is 33.6 Å². The molecule has 0 aliphatic rings. The van der Waals surface area contributed by atoms with Gasteiger partial charge in [-0.3, -0.25) is 9.59 Å². The number of ether oxygens (including phenoxy) is 2. The third kappa shape index (κ3) is 7.93. The molecule has 0 unspecified atom stereocenters. The molecular formula is C14H24O4S. The van der Waals surface area contributed by atoms with Crippen LogP contribution in [0.25, 0.3) is 0 Å². The topological polar surface area (TPSA) is 52.6 Å². The highest BCUT2D eigenvalue weighted by molar-refractivity contribution is 7.98. The van der Waals surface area contributed by atoms with Crippen molar-refractivity contribution in [3.8, 4) is 0 Å². The Morgan fingerprint density at radius 1 is 1.16 bits per heavy atom. The molecular weight excluding hydrogens is 264 g/mol. The number of thioether (sulfide) groups is 1. The third-order valence-electron chi connectivity index (χ3n) is 2.54. The molecule has 0 heterocycles. The molecule has 0 aromatic heterocycles. The van der Waals surface area contributed by atoms with Gasteiger partial charge in [-0.25, -0.2) is 0 Å². The second-order valence-electron chi connectivity index (χ2n) is 4.09. The van der Waals surface area contributed by atoms with Crippen LogP contribution in [0.4, 0.5) is 0 Å². The standard InChI is InChI=1S/C14H24O4S/c1-5-17-13(15)12(14(16)18-6-2)8-7-11(3)9-10-19-4/h7,12H,5-6,8-10H2,1-4H3/b11-7-. The van der Waals surface area contributed by atoms with Gasteiger partial charge < -0.3 is 9.47 Å². The number of rotatable bonds is 9. The fourth-order valence-corrected chi connectivity index (χ4v) is 1.98. The van der Waals surface area contributed by atoms with Gasteiger partial charge in [0.25, 0.3) is 0 Å². The molecule has 0 atom stereocenters. The number of esters is 2. The quantitative estimate of drug-likeness (QED) is 0.371. The lowest BCUT2D eigenvalue weighted by atomic mass is 10.0. The van der Waals surface area contributed by atoms with E-state index in [2.05, 4.69) is 0 Å². The van der Waals surface area contributed by atoms with Gasteiger partial charge in [0.05, 0.1) is 13.2 Å². The molecule has 0 aromatic carbocycles. The van der Waals surface area contributed by atoms with Crippen molar-refractivity contribution in [2.75, 3.05) is 25.2 Å². The molecule has 0 rings (SSSR count). The molecule has 0 radical (unpaired) electrons. The first-order valence-corrected chi connectivity index (χ1v) is 7.93. The molecule has 0 amide bonds. The van der Waals surface area contributed by atoms with Gasteiger partial charge in [0, 0.05) is 0 Å². The Bertz CT molecular complexity index is 295. The Morgan fingerprint density at radius 2 is 1.68 bits per heavy atom. The molecule has 0 spiro atoms. The molecule has 110 valence electrons. The zero-order valence-electron chi connectivity index (χ0n) is 12.2. The van der Waals surface area contributed by atoms with Gasteiger partial charge in [0.15, 0.2) is 5.92 Å². The summed E-state index contributed by atoms with van der Waals surface area (Å²) in [6.07, 6.45) is 5.28. The van der Waals surface area contributed by atoms with E-state index in [0.29, 0.717) is 6.42 Å². The minimum Gasteiger partial charge on any atom is -0.465 e. The minimum atomic E-state index is -0.843. The van der Waals surface area contributed by atoms with Crippen LogP contribution >= 0.6 is 11.8 Å². The van der Waals surface area contributed by atoms with Crippen molar-refractivity contribution in [3.05, 3.63) is 11.6 Å². The molecule has 0 aliphatic heterocycles. The summed E-state index contributed by atoms with van der Waals surface area (Å²) in [5.74, 6) is -0.819. The normalized spacial score (nSPS) is 11.5. The van der Waals surface area contributed by atoms with Crippen LogP contribution in [0.3, 0.4) is 0 Å². The summed E-state index contributed by atoms with van der Waals surface area (Å²) in [6.45, 7) is 5.98. The van der Waals surface area contributed by atoms with E-state index < -0.39 is 17.9 Å². The Kier molecular flexibility index (Phi) is 10.4. The highest BCUT2D eigenvalue weighted by Gasteiger charge is 2.28. The Labute approximate surface area is 119 Å². The third-order valence-corrected chi connectivity index (χ3v) is 3.16. The van der Waals surface area contributed by atoms with Crippen LogP contribution in [0, 0.1) is 5.92 Å². The highest BCUT2D eigenvalue weighted by Crippen LogP contribution is 2.14. The van der Waals surface area contributed by atoms with Gasteiger partial charge in [-0.15, -0.1) is 0 Å². The van der Waals surface area contributed by atoms with Crippen molar-refractivity contribution < 1.29 is 19.1 Å². The lowest BCUT2D eigenvalue weighted by Gasteiger charge is -2.13. The van der Waals surface area contributed by atoms with Crippen LogP contribution in [0.2, 0.25) is 0 Å². The van der Waals surface area contributed by atoms with Gasteiger partial charge in [-0.1, -0.05) is 11.6 Å². The van der Waals surface area contributed by atoms with E-state index in [-0.39, 0.29) is 13.2 Å². The van der Waals surface area contributed by atoms with Crippen molar-refractivity contribution in [2.45, 2.75) is 33.6 Å². The van der Waals surface area contributed by atoms with Crippen molar-refractivity contribution in [3.63, 3.8) is 0 Å². The SMILES string of the molecule is CCOC(=O)C(C/C=C(/C)CCSC)C(=O)OCC. The average Bonchev–Trinajstić information content (AvgIpc) is 2.37. The second kappa shape index (κ2) is 10.9. The van der Waals surface area contributed by atoms with E-state index in [9.17, 15) is 9.59 Å². The Hall–Kier alpha value is -0.970. The molecule has 0 N–H and O–H groups in total. The molecule has 5 heteroatoms. The van der Waals surface area contributed by atoms with E-state index >= 15 is 0 Å². The minimum absolute atomic E-state index is 0.268. The Morgan fingerprint density at radius 3 is 2.11 bits per heavy atom. The zero-order valence-corrected chi connectivity index (χ0v) is 13.0. The van der Waals surface area contributed by atoms with Crippen molar-refractivity contribution in [1.29, 1.82) is 0 Å². The summed E-state index contributed by atoms with van der Waals surface area (Å²) in [5, 5.41) is 0. The van der Waals surface area contributed by atoms with E-state index in [1.165, 1.54) is 5.57 Å². The summed E-state index contributed by atoms with van der Waals surface area (Å²) >= 11 is 1.77. The molecule has 0 bridgehead atoms. The van der Waals surface area contributed by atoms with Crippen molar-refractivity contribution in [1.82, 2.24) is 0 Å². The lowest BCUT2D eigenvalue weighted by Crippen LogP contribution is -2.27. The summed E-state index contributed by atoms with van der Waals surface area (Å²) < 4.78 is 9.82. The van der Waals surface area contributed by atoms with Crippen molar-refractivity contribution >= 4 is 23.7 Å². The van der Waals surface area contributed by atoms with E-state index in [1.807, 2.05) is 19.3 Å². The molecule has 0 aliphatic carbocycles. The largest absolute Gasteiger partial charge is 0.465 e. The predicted octanol–water partition coefficient (Wildman–Crippen LogP) is 2.82. The van der Waals surface area contributed by atoms with Gasteiger partial charge in [-0.2, -0.15) is 11.8 Å². The molecule has 4 nitrogen and oxygen atoms in total. The van der Waals surface area contributed by atoms with Gasteiger partial charge in [0.1, 0.15) is 0 Å². The van der Waals surface area contributed by atoms with E-state index in [4.69, 9.17) is 9.47 Å². The second-order valence-corrected chi connectivity index (χ2v) is 5.07. The maximum atomic E-state index is 11.7. The van der Waals surface area contributed by atoms with E-state index in [1.54, 1.807) is 25.6 Å². The number of hydrogen-bond acceptors (Lipinski definition) is 5. The predicted molar refractivity (Wildman–Crippen MR) is 78.1 cm³/mol. The van der Waals surface area contributed by atoms with Gasteiger partial charge in [-0.05, 0) is 45.6 Å². The van der Waals surface area contributed by atoms with Crippen LogP contribution < -0.4 is 0 Å². The van der Waals surface area contributed by atoms with E-state index in [0.717, 1.165) is 12.2 Å². The first kappa shape index (κ1) is 18.0. The van der Waals surface area contributed by atoms with Crippen LogP contribution in [-0.2, 0) is 19.1 Å². The number of allylic oxidation sites excluding steroid dienone is 2. The molecule has 0 saturated carbocycles. The molecule has 0 aromatic rings. The summed E-state index contributed by atoms with van der Waals surface area (Å²) in [6, 6.07) is 0. The first-order chi connectivity index (χ1) is 9.06. The number of carbonyl (C=O) groups excluding carboxylic acids is 2. The zero-order chi connectivity index (χ0) is 14.7. The van der Waals surface area contributed by atoms with Gasteiger partial charge in [0.2, 0.25) is 0 Å². The fourth-order valence-electron chi connectivity index (χ4n) is 1.46. The average molecular weight is 288 g/mol.